The Morgan fingerprint density at radius 2 is 1.95 bits per heavy atom. The maximum absolute atomic E-state index is 12.8. The summed E-state index contributed by atoms with van der Waals surface area (Å²) in [4.78, 5) is 12.8. The minimum atomic E-state index is -4.77. The van der Waals surface area contributed by atoms with Gasteiger partial charge in [0, 0.05) is 18.9 Å². The van der Waals surface area contributed by atoms with Gasteiger partial charge in [0.15, 0.2) is 0 Å². The Balaban J connectivity index is 2.32. The van der Waals surface area contributed by atoms with Crippen molar-refractivity contribution in [3.05, 3.63) is 28.8 Å². The highest BCUT2D eigenvalue weighted by Gasteiger charge is 2.38. The van der Waals surface area contributed by atoms with E-state index in [0.29, 0.717) is 0 Å². The summed E-state index contributed by atoms with van der Waals surface area (Å²) in [7, 11) is -4.77. The lowest BCUT2D eigenvalue weighted by Crippen LogP contribution is -2.26. The highest BCUT2D eigenvalue weighted by molar-refractivity contribution is 7.86. The van der Waals surface area contributed by atoms with Crippen LogP contribution in [0.25, 0.3) is 0 Å². The molecule has 1 aromatic carbocycles. The normalized spacial score (nSPS) is 19.8. The van der Waals surface area contributed by atoms with E-state index in [2.05, 4.69) is 0 Å². The smallest absolute Gasteiger partial charge is 0.311 e. The van der Waals surface area contributed by atoms with E-state index in [4.69, 9.17) is 11.6 Å². The highest BCUT2D eigenvalue weighted by atomic mass is 35.5. The largest absolute Gasteiger partial charge is 0.417 e. The van der Waals surface area contributed by atoms with Gasteiger partial charge in [0.05, 0.1) is 22.0 Å². The zero-order valence-electron chi connectivity index (χ0n) is 10.9. The van der Waals surface area contributed by atoms with Crippen LogP contribution in [0.5, 0.6) is 0 Å². The average Bonchev–Trinajstić information content (AvgIpc) is 2.66. The van der Waals surface area contributed by atoms with E-state index >= 15 is 0 Å². The van der Waals surface area contributed by atoms with Crippen molar-refractivity contribution in [2.45, 2.75) is 12.6 Å². The summed E-state index contributed by atoms with van der Waals surface area (Å²) in [6.07, 6.45) is -4.95. The molecule has 4 nitrogen and oxygen atoms in total. The monoisotopic (exact) mass is 359 g/mol. The summed E-state index contributed by atoms with van der Waals surface area (Å²) < 4.78 is 72.3. The van der Waals surface area contributed by atoms with Crippen molar-refractivity contribution in [3.8, 4) is 0 Å². The number of halogens is 5. The number of hydrogen-bond acceptors (Lipinski definition) is 3. The number of hydrogen-bond donors (Lipinski definition) is 0. The molecular formula is C12H10ClF4NO3S. The van der Waals surface area contributed by atoms with Crippen LogP contribution in [0.2, 0.25) is 5.02 Å². The maximum Gasteiger partial charge on any atom is 0.417 e. The lowest BCUT2D eigenvalue weighted by Gasteiger charge is -2.20. The molecule has 0 N–H and O–H groups in total. The lowest BCUT2D eigenvalue weighted by atomic mass is 10.1. The topological polar surface area (TPSA) is 54.5 Å². The van der Waals surface area contributed by atoms with E-state index in [1.54, 1.807) is 0 Å². The number of alkyl halides is 3. The molecule has 1 unspecified atom stereocenters. The minimum Gasteiger partial charge on any atom is -0.311 e. The predicted molar refractivity (Wildman–Crippen MR) is 71.8 cm³/mol. The van der Waals surface area contributed by atoms with Crippen molar-refractivity contribution in [3.63, 3.8) is 0 Å². The summed E-state index contributed by atoms with van der Waals surface area (Å²) in [6, 6.07) is 3.09. The van der Waals surface area contributed by atoms with Crippen LogP contribution in [-0.2, 0) is 21.2 Å². The third kappa shape index (κ3) is 3.70. The molecule has 1 saturated heterocycles. The fourth-order valence-corrected chi connectivity index (χ4v) is 3.48. The van der Waals surface area contributed by atoms with Gasteiger partial charge >= 0.3 is 16.4 Å². The van der Waals surface area contributed by atoms with Gasteiger partial charge in [-0.3, -0.25) is 4.79 Å². The molecule has 0 bridgehead atoms. The first-order valence-corrected chi connectivity index (χ1v) is 8.00. The molecule has 1 aliphatic heterocycles. The molecular weight excluding hydrogens is 350 g/mol. The lowest BCUT2D eigenvalue weighted by molar-refractivity contribution is -0.137. The molecule has 122 valence electrons. The SMILES string of the molecule is O=C1CC(CS(=O)(=O)F)CN1c1cccc(C(F)(F)F)c1Cl. The molecule has 22 heavy (non-hydrogen) atoms. The highest BCUT2D eigenvalue weighted by Crippen LogP contribution is 2.41. The molecule has 1 aliphatic rings. The molecule has 1 aromatic rings. The van der Waals surface area contributed by atoms with E-state index in [0.717, 1.165) is 17.0 Å². The molecule has 10 heteroatoms. The summed E-state index contributed by atoms with van der Waals surface area (Å²) in [5, 5.41) is -0.646. The molecule has 0 radical (unpaired) electrons. The van der Waals surface area contributed by atoms with Crippen LogP contribution in [-0.4, -0.2) is 26.6 Å². The summed E-state index contributed by atoms with van der Waals surface area (Å²) in [5.74, 6) is -2.28. The second-order valence-electron chi connectivity index (χ2n) is 4.92. The zero-order chi connectivity index (χ0) is 16.7. The van der Waals surface area contributed by atoms with Crippen molar-refractivity contribution in [2.24, 2.45) is 5.92 Å². The van der Waals surface area contributed by atoms with Gasteiger partial charge in [-0.15, -0.1) is 3.89 Å². The van der Waals surface area contributed by atoms with Gasteiger partial charge in [-0.1, -0.05) is 17.7 Å². The first-order chi connectivity index (χ1) is 9.99. The van der Waals surface area contributed by atoms with Gasteiger partial charge in [-0.2, -0.15) is 21.6 Å². The summed E-state index contributed by atoms with van der Waals surface area (Å²) >= 11 is 5.71. The van der Waals surface area contributed by atoms with Crippen LogP contribution in [0.15, 0.2) is 18.2 Å². The zero-order valence-corrected chi connectivity index (χ0v) is 12.5. The Hall–Kier alpha value is -1.35. The van der Waals surface area contributed by atoms with Gasteiger partial charge in [0.1, 0.15) is 0 Å². The third-order valence-corrected chi connectivity index (χ3v) is 4.48. The Morgan fingerprint density at radius 1 is 1.32 bits per heavy atom. The first kappa shape index (κ1) is 17.0. The number of carbonyl (C=O) groups excluding carboxylic acids is 1. The maximum atomic E-state index is 12.8. The minimum absolute atomic E-state index is 0.166. The second-order valence-corrected chi connectivity index (χ2v) is 6.71. The molecule has 0 aliphatic carbocycles. The third-order valence-electron chi connectivity index (χ3n) is 3.21. The van der Waals surface area contributed by atoms with Gasteiger partial charge in [-0.25, -0.2) is 0 Å². The van der Waals surface area contributed by atoms with Crippen LogP contribution < -0.4 is 4.90 Å². The molecule has 0 aromatic heterocycles. The number of nitrogens with zero attached hydrogens (tertiary/aromatic N) is 1. The molecule has 1 heterocycles. The van der Waals surface area contributed by atoms with Crippen molar-refractivity contribution in [2.75, 3.05) is 17.2 Å². The van der Waals surface area contributed by atoms with Crippen molar-refractivity contribution in [1.29, 1.82) is 0 Å². The Labute approximate surface area is 128 Å². The summed E-state index contributed by atoms with van der Waals surface area (Å²) in [5.41, 5.74) is -1.26. The van der Waals surface area contributed by atoms with Crippen molar-refractivity contribution >= 4 is 33.4 Å². The predicted octanol–water partition coefficient (Wildman–Crippen LogP) is 3.01. The van der Waals surface area contributed by atoms with Crippen LogP contribution in [0.3, 0.4) is 0 Å². The molecule has 1 fully saturated rings. The van der Waals surface area contributed by atoms with E-state index in [1.165, 1.54) is 6.07 Å². The Morgan fingerprint density at radius 3 is 2.50 bits per heavy atom. The van der Waals surface area contributed by atoms with E-state index in [-0.39, 0.29) is 18.7 Å². The van der Waals surface area contributed by atoms with Crippen LogP contribution >= 0.6 is 11.6 Å². The van der Waals surface area contributed by atoms with Gasteiger partial charge < -0.3 is 4.90 Å². The quantitative estimate of drug-likeness (QED) is 0.616. The van der Waals surface area contributed by atoms with Gasteiger partial charge in [0.2, 0.25) is 5.91 Å². The standard InChI is InChI=1S/C12H10ClF4NO3S/c13-11-8(12(14,15)16)2-1-3-9(11)18-5-7(4-10(18)19)6-22(17,20)21/h1-3,7H,4-6H2. The fourth-order valence-electron chi connectivity index (χ4n) is 2.35. The van der Waals surface area contributed by atoms with Crippen molar-refractivity contribution < 1.29 is 30.3 Å². The molecule has 1 amide bonds. The Kier molecular flexibility index (Phi) is 4.40. The van der Waals surface area contributed by atoms with Gasteiger partial charge in [-0.05, 0) is 12.1 Å². The van der Waals surface area contributed by atoms with E-state index in [1.807, 2.05) is 0 Å². The molecule has 0 saturated carbocycles. The first-order valence-electron chi connectivity index (χ1n) is 6.07. The van der Waals surface area contributed by atoms with Crippen LogP contribution in [0.1, 0.15) is 12.0 Å². The molecule has 0 spiro atoms. The number of anilines is 1. The number of amides is 1. The molecule has 1 atom stereocenters. The fraction of sp³-hybridized carbons (Fsp3) is 0.417. The van der Waals surface area contributed by atoms with E-state index in [9.17, 15) is 30.3 Å². The average molecular weight is 360 g/mol. The summed E-state index contributed by atoms with van der Waals surface area (Å²) in [6.45, 7) is -0.205. The van der Waals surface area contributed by atoms with Crippen molar-refractivity contribution in [1.82, 2.24) is 0 Å². The number of carbonyl (C=O) groups is 1. The number of benzene rings is 1. The molecule has 2 rings (SSSR count). The Bertz CT molecular complexity index is 705. The number of rotatable bonds is 3. The van der Waals surface area contributed by atoms with Crippen LogP contribution in [0, 0.1) is 5.92 Å². The van der Waals surface area contributed by atoms with Crippen LogP contribution in [0.4, 0.5) is 22.7 Å². The van der Waals surface area contributed by atoms with E-state index < -0.39 is 44.6 Å². The van der Waals surface area contributed by atoms with Gasteiger partial charge in [0.25, 0.3) is 0 Å². The second kappa shape index (κ2) is 5.69.